The van der Waals surface area contributed by atoms with Crippen molar-refractivity contribution in [2.24, 2.45) is 0 Å². The van der Waals surface area contributed by atoms with Crippen LogP contribution in [-0.2, 0) is 24.1 Å². The minimum absolute atomic E-state index is 0.00670. The van der Waals surface area contributed by atoms with E-state index in [0.29, 0.717) is 36.4 Å². The van der Waals surface area contributed by atoms with E-state index in [9.17, 15) is 9.59 Å². The fraction of sp³-hybridized carbons (Fsp3) is 0.444. The van der Waals surface area contributed by atoms with Crippen LogP contribution in [0, 0.1) is 0 Å². The fourth-order valence-corrected chi connectivity index (χ4v) is 5.79. The molecule has 0 saturated carbocycles. The molecule has 1 spiro atoms. The van der Waals surface area contributed by atoms with Gasteiger partial charge in [0, 0.05) is 44.8 Å². The molecule has 7 nitrogen and oxygen atoms in total. The molecule has 34 heavy (non-hydrogen) atoms. The van der Waals surface area contributed by atoms with Crippen LogP contribution < -0.4 is 10.2 Å². The number of likely N-dealkylation sites (tertiary alicyclic amines) is 1. The predicted octanol–water partition coefficient (Wildman–Crippen LogP) is 3.36. The lowest BCUT2D eigenvalue weighted by Gasteiger charge is -2.23. The highest BCUT2D eigenvalue weighted by molar-refractivity contribution is 5.97. The number of aromatic nitrogens is 2. The average Bonchev–Trinajstić information content (AvgIpc) is 3.59. The molecule has 2 aliphatic heterocycles. The van der Waals surface area contributed by atoms with Crippen LogP contribution in [0.4, 0.5) is 0 Å². The molecule has 2 aromatic heterocycles. The van der Waals surface area contributed by atoms with Crippen molar-refractivity contribution in [3.05, 3.63) is 69.6 Å². The molecule has 0 N–H and O–H groups in total. The first-order valence-electron chi connectivity index (χ1n) is 12.3. The molecular weight excluding hydrogens is 430 g/mol. The van der Waals surface area contributed by atoms with Crippen LogP contribution in [0.1, 0.15) is 47.7 Å². The maximum absolute atomic E-state index is 13.5. The molecule has 1 aliphatic carbocycles. The van der Waals surface area contributed by atoms with Crippen LogP contribution in [-0.4, -0.2) is 51.8 Å². The summed E-state index contributed by atoms with van der Waals surface area (Å²) in [7, 11) is 0. The summed E-state index contributed by atoms with van der Waals surface area (Å²) in [5.74, 6) is 0.209. The Bertz CT molecular complexity index is 1300. The van der Waals surface area contributed by atoms with E-state index in [0.717, 1.165) is 38.7 Å². The summed E-state index contributed by atoms with van der Waals surface area (Å²) >= 11 is 0. The van der Waals surface area contributed by atoms with Crippen molar-refractivity contribution in [3.63, 3.8) is 0 Å². The molecular formula is C27H29N3O4. The second-order valence-corrected chi connectivity index (χ2v) is 9.73. The molecule has 3 aliphatic rings. The maximum Gasteiger partial charge on any atom is 0.259 e. The Hall–Kier alpha value is -3.19. The summed E-state index contributed by atoms with van der Waals surface area (Å²) < 4.78 is 14.1. The topological polar surface area (TPSA) is 73.7 Å². The lowest BCUT2D eigenvalue weighted by atomic mass is 10.00. The van der Waals surface area contributed by atoms with Gasteiger partial charge in [0.05, 0.1) is 29.2 Å². The normalized spacial score (nSPS) is 22.1. The maximum atomic E-state index is 13.5. The van der Waals surface area contributed by atoms with E-state index >= 15 is 0 Å². The number of hydrogen-bond acceptors (Lipinski definition) is 5. The van der Waals surface area contributed by atoms with Crippen molar-refractivity contribution in [3.8, 4) is 5.88 Å². The Morgan fingerprint density at radius 2 is 2.03 bits per heavy atom. The van der Waals surface area contributed by atoms with Gasteiger partial charge < -0.3 is 18.9 Å². The molecule has 1 atom stereocenters. The average molecular weight is 460 g/mol. The zero-order valence-electron chi connectivity index (χ0n) is 19.5. The van der Waals surface area contributed by atoms with Gasteiger partial charge in [-0.2, -0.15) is 0 Å². The molecule has 176 valence electrons. The van der Waals surface area contributed by atoms with Gasteiger partial charge in [-0.25, -0.2) is 4.98 Å². The summed E-state index contributed by atoms with van der Waals surface area (Å²) in [6.45, 7) is 4.56. The first kappa shape index (κ1) is 21.4. The van der Waals surface area contributed by atoms with Crippen molar-refractivity contribution in [2.45, 2.75) is 57.3 Å². The van der Waals surface area contributed by atoms with E-state index < -0.39 is 0 Å². The number of carbonyl (C=O) groups excluding carboxylic acids is 1. The quantitative estimate of drug-likeness (QED) is 0.598. The molecule has 1 aromatic carbocycles. The molecule has 2 fully saturated rings. The molecule has 4 heterocycles. The number of carbonyl (C=O) groups is 1. The number of pyridine rings is 2. The zero-order chi connectivity index (χ0) is 23.3. The van der Waals surface area contributed by atoms with Gasteiger partial charge in [-0.1, -0.05) is 24.3 Å². The zero-order valence-corrected chi connectivity index (χ0v) is 19.5. The molecule has 1 unspecified atom stereocenters. The van der Waals surface area contributed by atoms with E-state index in [-0.39, 0.29) is 28.6 Å². The van der Waals surface area contributed by atoms with E-state index in [4.69, 9.17) is 9.47 Å². The van der Waals surface area contributed by atoms with Crippen LogP contribution in [0.5, 0.6) is 5.88 Å². The molecule has 7 heteroatoms. The van der Waals surface area contributed by atoms with Crippen LogP contribution in [0.3, 0.4) is 0 Å². The molecule has 3 aromatic rings. The van der Waals surface area contributed by atoms with Crippen LogP contribution in [0.15, 0.2) is 47.5 Å². The molecule has 1 amide bonds. The SMILES string of the molecule is CCn1cc(C(=O)N2CCC3(CCCO3)C2)c(=O)c2cc(OC3Cc4ccccc4C3)ncc21. The van der Waals surface area contributed by atoms with E-state index in [1.165, 1.54) is 11.1 Å². The lowest BCUT2D eigenvalue weighted by Crippen LogP contribution is -2.37. The standard InChI is InChI=1S/C27H29N3O4/c1-2-29-16-22(26(32)30-10-9-27(17-30)8-5-11-33-27)25(31)21-14-24(28-15-23(21)29)34-20-12-18-6-3-4-7-19(18)13-20/h3-4,6-7,14-16,20H,2,5,8-13,17H2,1H3. The summed E-state index contributed by atoms with van der Waals surface area (Å²) in [6, 6.07) is 10.0. The summed E-state index contributed by atoms with van der Waals surface area (Å²) in [6.07, 6.45) is 7.85. The first-order valence-corrected chi connectivity index (χ1v) is 12.3. The number of ether oxygens (including phenoxy) is 2. The van der Waals surface area contributed by atoms with Crippen molar-refractivity contribution >= 4 is 16.8 Å². The summed E-state index contributed by atoms with van der Waals surface area (Å²) in [4.78, 5) is 33.2. The minimum Gasteiger partial charge on any atom is -0.474 e. The highest BCUT2D eigenvalue weighted by Gasteiger charge is 2.43. The predicted molar refractivity (Wildman–Crippen MR) is 128 cm³/mol. The monoisotopic (exact) mass is 459 g/mol. The lowest BCUT2D eigenvalue weighted by molar-refractivity contribution is 0.0126. The van der Waals surface area contributed by atoms with Crippen LogP contribution in [0.25, 0.3) is 10.9 Å². The van der Waals surface area contributed by atoms with E-state index in [1.807, 2.05) is 23.6 Å². The third-order valence-corrected chi connectivity index (χ3v) is 7.60. The molecule has 6 rings (SSSR count). The molecule has 0 radical (unpaired) electrons. The van der Waals surface area contributed by atoms with Crippen molar-refractivity contribution in [2.75, 3.05) is 19.7 Å². The van der Waals surface area contributed by atoms with E-state index in [2.05, 4.69) is 17.1 Å². The summed E-state index contributed by atoms with van der Waals surface area (Å²) in [5.41, 5.74) is 3.02. The van der Waals surface area contributed by atoms with Gasteiger partial charge in [-0.05, 0) is 37.3 Å². The Morgan fingerprint density at radius 1 is 1.24 bits per heavy atom. The molecule has 2 saturated heterocycles. The van der Waals surface area contributed by atoms with Gasteiger partial charge >= 0.3 is 0 Å². The van der Waals surface area contributed by atoms with Crippen molar-refractivity contribution in [1.29, 1.82) is 0 Å². The number of benzene rings is 1. The second-order valence-electron chi connectivity index (χ2n) is 9.73. The van der Waals surface area contributed by atoms with Gasteiger partial charge in [-0.3, -0.25) is 9.59 Å². The highest BCUT2D eigenvalue weighted by atomic mass is 16.5. The highest BCUT2D eigenvalue weighted by Crippen LogP contribution is 2.35. The van der Waals surface area contributed by atoms with Gasteiger partial charge in [-0.15, -0.1) is 0 Å². The Morgan fingerprint density at radius 3 is 2.74 bits per heavy atom. The fourth-order valence-electron chi connectivity index (χ4n) is 5.79. The van der Waals surface area contributed by atoms with Crippen molar-refractivity contribution in [1.82, 2.24) is 14.5 Å². The smallest absolute Gasteiger partial charge is 0.259 e. The first-order chi connectivity index (χ1) is 16.5. The Kier molecular flexibility index (Phi) is 5.17. The molecule has 0 bridgehead atoms. The van der Waals surface area contributed by atoms with Gasteiger partial charge in [0.2, 0.25) is 11.3 Å². The number of nitrogens with zero attached hydrogens (tertiary/aromatic N) is 3. The number of rotatable bonds is 4. The van der Waals surface area contributed by atoms with Crippen molar-refractivity contribution < 1.29 is 14.3 Å². The van der Waals surface area contributed by atoms with Crippen LogP contribution in [0.2, 0.25) is 0 Å². The number of aryl methyl sites for hydroxylation is 1. The largest absolute Gasteiger partial charge is 0.474 e. The van der Waals surface area contributed by atoms with Gasteiger partial charge in [0.25, 0.3) is 5.91 Å². The third-order valence-electron chi connectivity index (χ3n) is 7.60. The van der Waals surface area contributed by atoms with Crippen LogP contribution >= 0.6 is 0 Å². The summed E-state index contributed by atoms with van der Waals surface area (Å²) in [5, 5.41) is 0.472. The van der Waals surface area contributed by atoms with E-state index in [1.54, 1.807) is 23.4 Å². The minimum atomic E-state index is -0.264. The van der Waals surface area contributed by atoms with Gasteiger partial charge in [0.15, 0.2) is 0 Å². The second kappa shape index (κ2) is 8.24. The Labute approximate surface area is 198 Å². The third kappa shape index (κ3) is 3.59. The van der Waals surface area contributed by atoms with Gasteiger partial charge in [0.1, 0.15) is 11.7 Å². The number of hydrogen-bond donors (Lipinski definition) is 0. The number of fused-ring (bicyclic) bond motifs is 2. The Balaban J connectivity index is 1.30. The number of amides is 1.